The van der Waals surface area contributed by atoms with Crippen molar-refractivity contribution in [2.45, 2.75) is 24.3 Å². The molecule has 0 aliphatic carbocycles. The molecule has 0 amide bonds. The topological polar surface area (TPSA) is 58.2 Å². The Kier molecular flexibility index (Phi) is 3.46. The SMILES string of the molecule is Cc1ccc(S(=O)(=O)NC2CCNC2)cc1F. The predicted molar refractivity (Wildman–Crippen MR) is 62.7 cm³/mol. The standard InChI is InChI=1S/C11H15FN2O2S/c1-8-2-3-10(6-11(8)12)17(15,16)14-9-4-5-13-7-9/h2-3,6,9,13-14H,4-5,7H2,1H3. The highest BCUT2D eigenvalue weighted by atomic mass is 32.2. The van der Waals surface area contributed by atoms with Crippen LogP contribution in [0.1, 0.15) is 12.0 Å². The largest absolute Gasteiger partial charge is 0.315 e. The molecule has 1 aromatic carbocycles. The molecule has 94 valence electrons. The van der Waals surface area contributed by atoms with Crippen LogP contribution in [0, 0.1) is 12.7 Å². The van der Waals surface area contributed by atoms with Crippen molar-refractivity contribution in [3.63, 3.8) is 0 Å². The Morgan fingerprint density at radius 3 is 2.82 bits per heavy atom. The van der Waals surface area contributed by atoms with Crippen LogP contribution in [0.2, 0.25) is 0 Å². The molecule has 0 spiro atoms. The summed E-state index contributed by atoms with van der Waals surface area (Å²) in [5, 5.41) is 3.07. The number of sulfonamides is 1. The molecule has 1 fully saturated rings. The molecule has 2 rings (SSSR count). The number of rotatable bonds is 3. The zero-order chi connectivity index (χ0) is 12.5. The number of halogens is 1. The van der Waals surface area contributed by atoms with Crippen LogP contribution in [0.5, 0.6) is 0 Å². The number of hydrogen-bond donors (Lipinski definition) is 2. The first kappa shape index (κ1) is 12.5. The van der Waals surface area contributed by atoms with Gasteiger partial charge in [0.15, 0.2) is 0 Å². The Balaban J connectivity index is 2.21. The van der Waals surface area contributed by atoms with Crippen LogP contribution < -0.4 is 10.0 Å². The van der Waals surface area contributed by atoms with E-state index in [0.29, 0.717) is 12.1 Å². The van der Waals surface area contributed by atoms with Gasteiger partial charge >= 0.3 is 0 Å². The lowest BCUT2D eigenvalue weighted by atomic mass is 10.2. The molecule has 1 heterocycles. The van der Waals surface area contributed by atoms with Crippen molar-refractivity contribution in [1.82, 2.24) is 10.0 Å². The van der Waals surface area contributed by atoms with Crippen molar-refractivity contribution in [2.75, 3.05) is 13.1 Å². The third-order valence-corrected chi connectivity index (χ3v) is 4.35. The number of aryl methyl sites for hydroxylation is 1. The van der Waals surface area contributed by atoms with Gasteiger partial charge in [0, 0.05) is 12.6 Å². The molecule has 1 aliphatic rings. The van der Waals surface area contributed by atoms with Crippen LogP contribution in [0.15, 0.2) is 23.1 Å². The smallest absolute Gasteiger partial charge is 0.240 e. The summed E-state index contributed by atoms with van der Waals surface area (Å²) in [5.74, 6) is -0.502. The first-order chi connectivity index (χ1) is 7.99. The zero-order valence-corrected chi connectivity index (χ0v) is 10.3. The van der Waals surface area contributed by atoms with E-state index in [4.69, 9.17) is 0 Å². The molecule has 1 saturated heterocycles. The van der Waals surface area contributed by atoms with Crippen LogP contribution in [0.25, 0.3) is 0 Å². The Labute approximate surface area is 100 Å². The molecule has 1 atom stereocenters. The van der Waals surface area contributed by atoms with Crippen LogP contribution in [0.4, 0.5) is 4.39 Å². The second kappa shape index (κ2) is 4.72. The van der Waals surface area contributed by atoms with Crippen LogP contribution in [-0.4, -0.2) is 27.5 Å². The van der Waals surface area contributed by atoms with Gasteiger partial charge in [0.05, 0.1) is 4.90 Å². The van der Waals surface area contributed by atoms with E-state index in [9.17, 15) is 12.8 Å². The third kappa shape index (κ3) is 2.83. The molecule has 2 N–H and O–H groups in total. The van der Waals surface area contributed by atoms with Gasteiger partial charge in [0.1, 0.15) is 5.82 Å². The Morgan fingerprint density at radius 2 is 2.24 bits per heavy atom. The number of hydrogen-bond acceptors (Lipinski definition) is 3. The first-order valence-electron chi connectivity index (χ1n) is 5.48. The van der Waals surface area contributed by atoms with Crippen LogP contribution >= 0.6 is 0 Å². The highest BCUT2D eigenvalue weighted by Crippen LogP contribution is 2.15. The Bertz CT molecular complexity index is 510. The monoisotopic (exact) mass is 258 g/mol. The lowest BCUT2D eigenvalue weighted by Gasteiger charge is -2.12. The van der Waals surface area contributed by atoms with Gasteiger partial charge in [-0.3, -0.25) is 0 Å². The van der Waals surface area contributed by atoms with E-state index >= 15 is 0 Å². The van der Waals surface area contributed by atoms with Gasteiger partial charge in [0.25, 0.3) is 0 Å². The maximum Gasteiger partial charge on any atom is 0.240 e. The minimum atomic E-state index is -3.61. The zero-order valence-electron chi connectivity index (χ0n) is 9.53. The number of benzene rings is 1. The fourth-order valence-electron chi connectivity index (χ4n) is 1.78. The van der Waals surface area contributed by atoms with Gasteiger partial charge < -0.3 is 5.32 Å². The first-order valence-corrected chi connectivity index (χ1v) is 6.96. The molecular weight excluding hydrogens is 243 g/mol. The average molecular weight is 258 g/mol. The van der Waals surface area contributed by atoms with Gasteiger partial charge in [-0.15, -0.1) is 0 Å². The number of nitrogens with one attached hydrogen (secondary N) is 2. The van der Waals surface area contributed by atoms with E-state index in [1.54, 1.807) is 6.92 Å². The fourth-order valence-corrected chi connectivity index (χ4v) is 3.07. The molecular formula is C11H15FN2O2S. The average Bonchev–Trinajstić information content (AvgIpc) is 2.73. The molecule has 0 radical (unpaired) electrons. The Hall–Kier alpha value is -0.980. The van der Waals surface area contributed by atoms with Gasteiger partial charge in [-0.2, -0.15) is 0 Å². The maximum absolute atomic E-state index is 13.3. The molecule has 0 saturated carbocycles. The normalized spacial score (nSPS) is 20.7. The van der Waals surface area contributed by atoms with Gasteiger partial charge in [-0.05, 0) is 37.6 Å². The molecule has 1 aromatic rings. The van der Waals surface area contributed by atoms with Gasteiger partial charge in [0.2, 0.25) is 10.0 Å². The summed E-state index contributed by atoms with van der Waals surface area (Å²) in [6, 6.07) is 3.84. The lowest BCUT2D eigenvalue weighted by Crippen LogP contribution is -2.36. The summed E-state index contributed by atoms with van der Waals surface area (Å²) < 4.78 is 39.8. The second-order valence-corrected chi connectivity index (χ2v) is 5.94. The molecule has 4 nitrogen and oxygen atoms in total. The van der Waals surface area contributed by atoms with Crippen molar-refractivity contribution < 1.29 is 12.8 Å². The summed E-state index contributed by atoms with van der Waals surface area (Å²) in [6.45, 7) is 3.02. The van der Waals surface area contributed by atoms with E-state index in [2.05, 4.69) is 10.0 Å². The molecule has 1 unspecified atom stereocenters. The van der Waals surface area contributed by atoms with Gasteiger partial charge in [-0.25, -0.2) is 17.5 Å². The van der Waals surface area contributed by atoms with Gasteiger partial charge in [-0.1, -0.05) is 6.07 Å². The highest BCUT2D eigenvalue weighted by Gasteiger charge is 2.23. The highest BCUT2D eigenvalue weighted by molar-refractivity contribution is 7.89. The van der Waals surface area contributed by atoms with Crippen molar-refractivity contribution >= 4 is 10.0 Å². The van der Waals surface area contributed by atoms with Crippen molar-refractivity contribution in [3.05, 3.63) is 29.6 Å². The summed E-state index contributed by atoms with van der Waals surface area (Å²) in [6.07, 6.45) is 0.758. The molecule has 17 heavy (non-hydrogen) atoms. The van der Waals surface area contributed by atoms with Crippen LogP contribution in [0.3, 0.4) is 0 Å². The third-order valence-electron chi connectivity index (χ3n) is 2.84. The summed E-state index contributed by atoms with van der Waals surface area (Å²) in [4.78, 5) is -0.0208. The van der Waals surface area contributed by atoms with Crippen LogP contribution in [-0.2, 0) is 10.0 Å². The minimum Gasteiger partial charge on any atom is -0.315 e. The van der Waals surface area contributed by atoms with Crippen molar-refractivity contribution in [3.8, 4) is 0 Å². The lowest BCUT2D eigenvalue weighted by molar-refractivity contribution is 0.557. The maximum atomic E-state index is 13.3. The second-order valence-electron chi connectivity index (χ2n) is 4.22. The molecule has 1 aliphatic heterocycles. The van der Waals surface area contributed by atoms with Crippen molar-refractivity contribution in [2.24, 2.45) is 0 Å². The van der Waals surface area contributed by atoms with E-state index < -0.39 is 15.8 Å². The Morgan fingerprint density at radius 1 is 1.47 bits per heavy atom. The summed E-state index contributed by atoms with van der Waals surface area (Å²) in [7, 11) is -3.61. The predicted octanol–water partition coefficient (Wildman–Crippen LogP) is 0.774. The molecule has 6 heteroatoms. The molecule has 0 aromatic heterocycles. The molecule has 0 bridgehead atoms. The quantitative estimate of drug-likeness (QED) is 0.842. The van der Waals surface area contributed by atoms with E-state index in [0.717, 1.165) is 19.0 Å². The van der Waals surface area contributed by atoms with E-state index in [1.165, 1.54) is 12.1 Å². The van der Waals surface area contributed by atoms with Crippen molar-refractivity contribution in [1.29, 1.82) is 0 Å². The van der Waals surface area contributed by atoms with E-state index in [1.807, 2.05) is 0 Å². The minimum absolute atomic E-state index is 0.0208. The summed E-state index contributed by atoms with van der Waals surface area (Å²) >= 11 is 0. The van der Waals surface area contributed by atoms with E-state index in [-0.39, 0.29) is 10.9 Å². The fraction of sp³-hybridized carbons (Fsp3) is 0.455. The summed E-state index contributed by atoms with van der Waals surface area (Å²) in [5.41, 5.74) is 0.437.